The van der Waals surface area contributed by atoms with Crippen LogP contribution in [0.3, 0.4) is 0 Å². The lowest BCUT2D eigenvalue weighted by Crippen LogP contribution is -2.42. The Labute approximate surface area is 213 Å². The van der Waals surface area contributed by atoms with Gasteiger partial charge in [-0.3, -0.25) is 14.4 Å². The maximum atomic E-state index is 13.5. The van der Waals surface area contributed by atoms with Crippen molar-refractivity contribution in [3.05, 3.63) is 69.6 Å². The summed E-state index contributed by atoms with van der Waals surface area (Å²) in [5.74, 6) is -0.262. The standard InChI is InChI=1S/C29H39N3O4/c1-36-19-18-31-20-25(28(34)30-24-12-8-3-2-4-9-13-24)27(33)26(21-31)29(35)32-16-14-23(15-17-32)22-10-6-5-7-11-22/h5-7,10-11,20-21,23-24H,2-4,8-9,12-19H2,1H3,(H,30,34). The number of hydrogen-bond donors (Lipinski definition) is 1. The summed E-state index contributed by atoms with van der Waals surface area (Å²) in [5, 5.41) is 3.09. The first-order valence-corrected chi connectivity index (χ1v) is 13.4. The van der Waals surface area contributed by atoms with Crippen LogP contribution >= 0.6 is 0 Å². The first-order valence-electron chi connectivity index (χ1n) is 13.4. The van der Waals surface area contributed by atoms with Gasteiger partial charge in [0, 0.05) is 45.2 Å². The number of carbonyl (C=O) groups is 2. The molecular weight excluding hydrogens is 454 g/mol. The first-order chi connectivity index (χ1) is 17.6. The van der Waals surface area contributed by atoms with Crippen LogP contribution in [0.2, 0.25) is 0 Å². The molecule has 0 spiro atoms. The molecule has 2 amide bonds. The monoisotopic (exact) mass is 493 g/mol. The number of hydrogen-bond acceptors (Lipinski definition) is 4. The van der Waals surface area contributed by atoms with E-state index < -0.39 is 5.43 Å². The Morgan fingerprint density at radius 3 is 2.22 bits per heavy atom. The van der Waals surface area contributed by atoms with Crippen molar-refractivity contribution < 1.29 is 14.3 Å². The van der Waals surface area contributed by atoms with Crippen LogP contribution in [0.5, 0.6) is 0 Å². The summed E-state index contributed by atoms with van der Waals surface area (Å²) >= 11 is 0. The van der Waals surface area contributed by atoms with Crippen molar-refractivity contribution >= 4 is 11.8 Å². The van der Waals surface area contributed by atoms with E-state index in [1.54, 1.807) is 29.0 Å². The average Bonchev–Trinajstić information content (AvgIpc) is 2.89. The van der Waals surface area contributed by atoms with Crippen LogP contribution in [-0.2, 0) is 11.3 Å². The molecule has 1 aliphatic heterocycles. The molecule has 1 aromatic carbocycles. The van der Waals surface area contributed by atoms with E-state index in [4.69, 9.17) is 4.74 Å². The summed E-state index contributed by atoms with van der Waals surface area (Å²) in [7, 11) is 1.60. The number of likely N-dealkylation sites (tertiary alicyclic amines) is 1. The van der Waals surface area contributed by atoms with Gasteiger partial charge in [0.05, 0.1) is 6.61 Å². The van der Waals surface area contributed by atoms with Gasteiger partial charge in [0.1, 0.15) is 11.1 Å². The topological polar surface area (TPSA) is 80.6 Å². The Morgan fingerprint density at radius 2 is 1.56 bits per heavy atom. The van der Waals surface area contributed by atoms with Gasteiger partial charge in [-0.15, -0.1) is 0 Å². The van der Waals surface area contributed by atoms with Gasteiger partial charge in [0.25, 0.3) is 11.8 Å². The highest BCUT2D eigenvalue weighted by molar-refractivity contribution is 5.99. The number of amides is 2. The van der Waals surface area contributed by atoms with Crippen molar-refractivity contribution in [2.24, 2.45) is 0 Å². The number of ether oxygens (including phenoxy) is 1. The zero-order valence-electron chi connectivity index (χ0n) is 21.4. The van der Waals surface area contributed by atoms with E-state index >= 15 is 0 Å². The largest absolute Gasteiger partial charge is 0.383 e. The van der Waals surface area contributed by atoms with E-state index in [1.165, 1.54) is 24.8 Å². The molecular formula is C29H39N3O4. The van der Waals surface area contributed by atoms with Gasteiger partial charge in [-0.05, 0) is 37.2 Å². The Morgan fingerprint density at radius 1 is 0.917 bits per heavy atom. The van der Waals surface area contributed by atoms with Crippen LogP contribution in [0, 0.1) is 0 Å². The number of nitrogens with zero attached hydrogens (tertiary/aromatic N) is 2. The molecule has 1 N–H and O–H groups in total. The molecule has 2 fully saturated rings. The van der Waals surface area contributed by atoms with E-state index in [-0.39, 0.29) is 29.0 Å². The highest BCUT2D eigenvalue weighted by Gasteiger charge is 2.28. The molecule has 2 heterocycles. The molecule has 0 bridgehead atoms. The number of rotatable bonds is 7. The van der Waals surface area contributed by atoms with Crippen LogP contribution in [0.25, 0.3) is 0 Å². The minimum atomic E-state index is -0.484. The lowest BCUT2D eigenvalue weighted by Gasteiger charge is -2.32. The van der Waals surface area contributed by atoms with Crippen molar-refractivity contribution in [1.82, 2.24) is 14.8 Å². The Hall–Kier alpha value is -2.93. The zero-order valence-corrected chi connectivity index (χ0v) is 21.4. The van der Waals surface area contributed by atoms with Crippen LogP contribution in [0.1, 0.15) is 90.0 Å². The Bertz CT molecular complexity index is 1070. The highest BCUT2D eigenvalue weighted by Crippen LogP contribution is 2.28. The van der Waals surface area contributed by atoms with E-state index in [9.17, 15) is 14.4 Å². The lowest BCUT2D eigenvalue weighted by molar-refractivity contribution is 0.0710. The van der Waals surface area contributed by atoms with Crippen LogP contribution in [0.15, 0.2) is 47.5 Å². The average molecular weight is 494 g/mol. The van der Waals surface area contributed by atoms with Crippen LogP contribution < -0.4 is 10.7 Å². The predicted octanol–water partition coefficient (Wildman–Crippen LogP) is 4.36. The summed E-state index contributed by atoms with van der Waals surface area (Å²) in [6.07, 6.45) is 12.5. The van der Waals surface area contributed by atoms with Crippen molar-refractivity contribution in [2.75, 3.05) is 26.8 Å². The normalized spacial score (nSPS) is 17.9. The molecule has 2 aromatic rings. The summed E-state index contributed by atoms with van der Waals surface area (Å²) in [4.78, 5) is 41.9. The van der Waals surface area contributed by atoms with Gasteiger partial charge in [0.2, 0.25) is 5.43 Å². The smallest absolute Gasteiger partial charge is 0.259 e. The summed E-state index contributed by atoms with van der Waals surface area (Å²) in [6, 6.07) is 10.4. The van der Waals surface area contributed by atoms with E-state index in [2.05, 4.69) is 17.4 Å². The van der Waals surface area contributed by atoms with Gasteiger partial charge >= 0.3 is 0 Å². The molecule has 7 heteroatoms. The van der Waals surface area contributed by atoms with Crippen molar-refractivity contribution in [1.29, 1.82) is 0 Å². The summed E-state index contributed by atoms with van der Waals surface area (Å²) in [6.45, 7) is 2.06. The fraction of sp³-hybridized carbons (Fsp3) is 0.552. The van der Waals surface area contributed by atoms with E-state index in [1.807, 2.05) is 18.2 Å². The van der Waals surface area contributed by atoms with Crippen LogP contribution in [-0.4, -0.2) is 54.1 Å². The number of carbonyl (C=O) groups excluding carboxylic acids is 2. The maximum Gasteiger partial charge on any atom is 0.259 e. The van der Waals surface area contributed by atoms with Gasteiger partial charge in [-0.25, -0.2) is 0 Å². The minimum Gasteiger partial charge on any atom is -0.383 e. The number of aromatic nitrogens is 1. The van der Waals surface area contributed by atoms with E-state index in [0.29, 0.717) is 32.2 Å². The third-order valence-electron chi connectivity index (χ3n) is 7.60. The molecule has 194 valence electrons. The molecule has 2 aliphatic rings. The van der Waals surface area contributed by atoms with Gasteiger partial charge in [-0.1, -0.05) is 62.4 Å². The van der Waals surface area contributed by atoms with Crippen molar-refractivity contribution in [2.45, 2.75) is 76.3 Å². The fourth-order valence-electron chi connectivity index (χ4n) is 5.45. The molecule has 1 saturated heterocycles. The Kier molecular flexibility index (Phi) is 9.34. The van der Waals surface area contributed by atoms with Gasteiger partial charge in [0.15, 0.2) is 0 Å². The Balaban J connectivity index is 1.51. The lowest BCUT2D eigenvalue weighted by atomic mass is 9.89. The van der Waals surface area contributed by atoms with Crippen molar-refractivity contribution in [3.8, 4) is 0 Å². The molecule has 0 atom stereocenters. The third-order valence-corrected chi connectivity index (χ3v) is 7.60. The summed E-state index contributed by atoms with van der Waals surface area (Å²) < 4.78 is 6.94. The molecule has 36 heavy (non-hydrogen) atoms. The maximum absolute atomic E-state index is 13.5. The molecule has 0 radical (unpaired) electrons. The van der Waals surface area contributed by atoms with Crippen molar-refractivity contribution in [3.63, 3.8) is 0 Å². The van der Waals surface area contributed by atoms with Gasteiger partial charge < -0.3 is 19.5 Å². The van der Waals surface area contributed by atoms with Gasteiger partial charge in [-0.2, -0.15) is 0 Å². The fourth-order valence-corrected chi connectivity index (χ4v) is 5.45. The predicted molar refractivity (Wildman–Crippen MR) is 140 cm³/mol. The second-order valence-corrected chi connectivity index (χ2v) is 10.1. The number of pyridine rings is 1. The number of methoxy groups -OCH3 is 1. The zero-order chi connectivity index (χ0) is 25.3. The molecule has 1 aliphatic carbocycles. The third kappa shape index (κ3) is 6.64. The molecule has 0 unspecified atom stereocenters. The summed E-state index contributed by atoms with van der Waals surface area (Å²) in [5.41, 5.74) is 0.911. The van der Waals surface area contributed by atoms with Crippen LogP contribution in [0.4, 0.5) is 0 Å². The second-order valence-electron chi connectivity index (χ2n) is 10.1. The molecule has 4 rings (SSSR count). The first kappa shape index (κ1) is 26.1. The van der Waals surface area contributed by atoms with E-state index in [0.717, 1.165) is 38.5 Å². The molecule has 1 aromatic heterocycles. The number of nitrogens with one attached hydrogen (secondary N) is 1. The number of piperidine rings is 1. The highest BCUT2D eigenvalue weighted by atomic mass is 16.5. The molecule has 1 saturated carbocycles. The quantitative estimate of drug-likeness (QED) is 0.622. The minimum absolute atomic E-state index is 0.0400. The SMILES string of the molecule is COCCn1cc(C(=O)NC2CCCCCCC2)c(=O)c(C(=O)N2CCC(c3ccccc3)CC2)c1. The number of benzene rings is 1. The second kappa shape index (κ2) is 12.9. The molecule has 7 nitrogen and oxygen atoms in total.